The number of fused-ring (bicyclic) bond motifs is 1. The number of hydrogen-bond acceptors (Lipinski definition) is 3. The second kappa shape index (κ2) is 3.52. The van der Waals surface area contributed by atoms with Gasteiger partial charge in [0, 0.05) is 12.6 Å². The summed E-state index contributed by atoms with van der Waals surface area (Å²) in [7, 11) is 4.07. The Morgan fingerprint density at radius 3 is 2.86 bits per heavy atom. The first-order valence-corrected chi connectivity index (χ1v) is 5.51. The number of nitriles is 1. The van der Waals surface area contributed by atoms with Gasteiger partial charge in [0.2, 0.25) is 0 Å². The molecule has 2 fully saturated rings. The summed E-state index contributed by atoms with van der Waals surface area (Å²) in [4.78, 5) is 4.67. The Bertz CT molecular complexity index is 256. The lowest BCUT2D eigenvalue weighted by Gasteiger charge is -2.43. The molecule has 0 aromatic rings. The molecule has 0 saturated carbocycles. The molecule has 2 rings (SSSR count). The summed E-state index contributed by atoms with van der Waals surface area (Å²) in [5.41, 5.74) is -0.189. The number of hydrogen-bond donors (Lipinski definition) is 0. The zero-order valence-corrected chi connectivity index (χ0v) is 9.16. The minimum atomic E-state index is -0.189. The third-order valence-electron chi connectivity index (χ3n) is 3.95. The molecular formula is C11H19N3. The predicted octanol–water partition coefficient (Wildman–Crippen LogP) is 1.07. The standard InChI is InChI=1S/C11H19N3/c1-13(2)11(9-12)5-7-14-6-3-4-10(14)8-11/h10H,3-8H2,1-2H3. The monoisotopic (exact) mass is 193 g/mol. The van der Waals surface area contributed by atoms with Crippen LogP contribution in [0, 0.1) is 11.3 Å². The zero-order valence-electron chi connectivity index (χ0n) is 9.16. The Morgan fingerprint density at radius 2 is 2.21 bits per heavy atom. The maximum atomic E-state index is 9.32. The molecule has 3 nitrogen and oxygen atoms in total. The molecule has 14 heavy (non-hydrogen) atoms. The highest BCUT2D eigenvalue weighted by Gasteiger charge is 2.43. The van der Waals surface area contributed by atoms with E-state index in [2.05, 4.69) is 15.9 Å². The minimum Gasteiger partial charge on any atom is -0.300 e. The van der Waals surface area contributed by atoms with Crippen molar-refractivity contribution in [3.8, 4) is 6.07 Å². The molecule has 2 atom stereocenters. The SMILES string of the molecule is CN(C)C1(C#N)CCN2CCCC2C1. The van der Waals surface area contributed by atoms with Gasteiger partial charge in [-0.25, -0.2) is 0 Å². The van der Waals surface area contributed by atoms with Crippen LogP contribution in [0.15, 0.2) is 0 Å². The van der Waals surface area contributed by atoms with Gasteiger partial charge >= 0.3 is 0 Å². The maximum Gasteiger partial charge on any atom is 0.111 e. The summed E-state index contributed by atoms with van der Waals surface area (Å²) >= 11 is 0. The van der Waals surface area contributed by atoms with Crippen molar-refractivity contribution in [2.24, 2.45) is 0 Å². The molecule has 0 N–H and O–H groups in total. The van der Waals surface area contributed by atoms with Gasteiger partial charge in [0.25, 0.3) is 0 Å². The maximum absolute atomic E-state index is 9.32. The van der Waals surface area contributed by atoms with E-state index in [1.54, 1.807) is 0 Å². The van der Waals surface area contributed by atoms with E-state index in [4.69, 9.17) is 0 Å². The molecule has 3 heteroatoms. The van der Waals surface area contributed by atoms with Crippen LogP contribution in [0.25, 0.3) is 0 Å². The van der Waals surface area contributed by atoms with Crippen molar-refractivity contribution in [2.75, 3.05) is 27.2 Å². The van der Waals surface area contributed by atoms with E-state index in [0.717, 1.165) is 19.4 Å². The highest BCUT2D eigenvalue weighted by Crippen LogP contribution is 2.35. The van der Waals surface area contributed by atoms with E-state index in [1.807, 2.05) is 14.1 Å². The van der Waals surface area contributed by atoms with Crippen molar-refractivity contribution >= 4 is 0 Å². The predicted molar refractivity (Wildman–Crippen MR) is 55.9 cm³/mol. The first-order valence-electron chi connectivity index (χ1n) is 5.51. The number of piperidine rings is 1. The molecule has 0 aliphatic carbocycles. The quantitative estimate of drug-likeness (QED) is 0.624. The summed E-state index contributed by atoms with van der Waals surface area (Å²) in [5, 5.41) is 9.32. The van der Waals surface area contributed by atoms with Crippen LogP contribution in [0.4, 0.5) is 0 Å². The second-order valence-corrected chi connectivity index (χ2v) is 4.82. The average Bonchev–Trinajstić information content (AvgIpc) is 2.63. The molecule has 0 bridgehead atoms. The Balaban J connectivity index is 2.12. The Labute approximate surface area is 86.3 Å². The normalized spacial score (nSPS) is 38.3. The fourth-order valence-corrected chi connectivity index (χ4v) is 2.85. The van der Waals surface area contributed by atoms with Crippen LogP contribution in [0.3, 0.4) is 0 Å². The van der Waals surface area contributed by atoms with Crippen molar-refractivity contribution in [3.05, 3.63) is 0 Å². The van der Waals surface area contributed by atoms with E-state index in [9.17, 15) is 5.26 Å². The topological polar surface area (TPSA) is 30.3 Å². The fourth-order valence-electron chi connectivity index (χ4n) is 2.85. The lowest BCUT2D eigenvalue weighted by atomic mass is 9.83. The van der Waals surface area contributed by atoms with Gasteiger partial charge in [0.15, 0.2) is 0 Å². The number of rotatable bonds is 1. The van der Waals surface area contributed by atoms with Crippen LogP contribution in [-0.2, 0) is 0 Å². The lowest BCUT2D eigenvalue weighted by Crippen LogP contribution is -2.54. The van der Waals surface area contributed by atoms with Gasteiger partial charge in [-0.05, 0) is 46.3 Å². The summed E-state index contributed by atoms with van der Waals surface area (Å²) in [6, 6.07) is 3.20. The second-order valence-electron chi connectivity index (χ2n) is 4.82. The van der Waals surface area contributed by atoms with Crippen molar-refractivity contribution < 1.29 is 0 Å². The van der Waals surface area contributed by atoms with Crippen molar-refractivity contribution in [3.63, 3.8) is 0 Å². The molecule has 2 heterocycles. The Kier molecular flexibility index (Phi) is 2.50. The van der Waals surface area contributed by atoms with E-state index in [0.29, 0.717) is 6.04 Å². The molecule has 0 amide bonds. The van der Waals surface area contributed by atoms with Gasteiger partial charge in [0.1, 0.15) is 5.54 Å². The molecule has 2 aliphatic rings. The summed E-state index contributed by atoms with van der Waals surface area (Å²) in [6.07, 6.45) is 4.65. The van der Waals surface area contributed by atoms with Crippen molar-refractivity contribution in [1.82, 2.24) is 9.80 Å². The van der Waals surface area contributed by atoms with Gasteiger partial charge in [0.05, 0.1) is 6.07 Å². The molecule has 2 saturated heterocycles. The molecule has 2 aliphatic heterocycles. The molecule has 0 aromatic heterocycles. The van der Waals surface area contributed by atoms with Crippen molar-refractivity contribution in [2.45, 2.75) is 37.3 Å². The lowest BCUT2D eigenvalue weighted by molar-refractivity contribution is 0.0751. The Morgan fingerprint density at radius 1 is 1.43 bits per heavy atom. The number of nitrogens with zero attached hydrogens (tertiary/aromatic N) is 3. The van der Waals surface area contributed by atoms with Gasteiger partial charge in [-0.15, -0.1) is 0 Å². The van der Waals surface area contributed by atoms with Crippen LogP contribution >= 0.6 is 0 Å². The third kappa shape index (κ3) is 1.43. The van der Waals surface area contributed by atoms with Crippen LogP contribution < -0.4 is 0 Å². The van der Waals surface area contributed by atoms with Crippen LogP contribution in [0.1, 0.15) is 25.7 Å². The largest absolute Gasteiger partial charge is 0.300 e. The Hall–Kier alpha value is -0.590. The summed E-state index contributed by atoms with van der Waals surface area (Å²) in [6.45, 7) is 2.36. The van der Waals surface area contributed by atoms with E-state index >= 15 is 0 Å². The molecule has 0 spiro atoms. The summed E-state index contributed by atoms with van der Waals surface area (Å²) < 4.78 is 0. The van der Waals surface area contributed by atoms with Crippen LogP contribution in [-0.4, -0.2) is 48.6 Å². The smallest absolute Gasteiger partial charge is 0.111 e. The first-order chi connectivity index (χ1) is 6.68. The third-order valence-corrected chi connectivity index (χ3v) is 3.95. The fraction of sp³-hybridized carbons (Fsp3) is 0.909. The van der Waals surface area contributed by atoms with Crippen LogP contribution in [0.2, 0.25) is 0 Å². The molecule has 0 aromatic carbocycles. The highest BCUT2D eigenvalue weighted by atomic mass is 15.2. The highest BCUT2D eigenvalue weighted by molar-refractivity contribution is 5.12. The molecular weight excluding hydrogens is 174 g/mol. The van der Waals surface area contributed by atoms with Crippen molar-refractivity contribution in [1.29, 1.82) is 5.26 Å². The van der Waals surface area contributed by atoms with E-state index in [-0.39, 0.29) is 5.54 Å². The summed E-state index contributed by atoms with van der Waals surface area (Å²) in [5.74, 6) is 0. The minimum absolute atomic E-state index is 0.189. The average molecular weight is 193 g/mol. The first kappa shape index (κ1) is 9.95. The van der Waals surface area contributed by atoms with Gasteiger partial charge < -0.3 is 4.90 Å². The molecule has 0 radical (unpaired) electrons. The van der Waals surface area contributed by atoms with E-state index in [1.165, 1.54) is 19.4 Å². The van der Waals surface area contributed by atoms with Crippen LogP contribution in [0.5, 0.6) is 0 Å². The zero-order chi connectivity index (χ0) is 10.2. The van der Waals surface area contributed by atoms with E-state index < -0.39 is 0 Å². The molecule has 78 valence electrons. The van der Waals surface area contributed by atoms with Gasteiger partial charge in [-0.2, -0.15) is 5.26 Å². The molecule has 2 unspecified atom stereocenters. The van der Waals surface area contributed by atoms with Gasteiger partial charge in [-0.3, -0.25) is 4.90 Å². The van der Waals surface area contributed by atoms with Gasteiger partial charge in [-0.1, -0.05) is 0 Å².